The smallest absolute Gasteiger partial charge is 0.306 e. The normalized spacial score (nSPS) is 12.7. The lowest BCUT2D eigenvalue weighted by Gasteiger charge is -2.15. The predicted molar refractivity (Wildman–Crippen MR) is 394 cm³/mol. The quantitative estimate of drug-likeness (QED) is 0.0373. The maximum atomic E-state index is 12.4. The van der Waals surface area contributed by atoms with E-state index in [4.69, 9.17) is 9.47 Å². The molecule has 1 unspecified atom stereocenters. The summed E-state index contributed by atoms with van der Waals surface area (Å²) in [6.45, 7) is 4.08. The van der Waals surface area contributed by atoms with E-state index in [-0.39, 0.29) is 25.2 Å². The zero-order chi connectivity index (χ0) is 64.0. The van der Waals surface area contributed by atoms with Crippen molar-refractivity contribution in [2.75, 3.05) is 13.2 Å². The molecule has 0 spiro atoms. The molecule has 0 aromatic carbocycles. The summed E-state index contributed by atoms with van der Waals surface area (Å²) in [5.41, 5.74) is 0. The fourth-order valence-corrected chi connectivity index (χ4v) is 11.8. The summed E-state index contributed by atoms with van der Waals surface area (Å²) in [4.78, 5) is 24.7. The molecule has 0 rings (SSSR count). The molecule has 0 heterocycles. The van der Waals surface area contributed by atoms with E-state index in [2.05, 4.69) is 111 Å². The monoisotopic (exact) mass is 1240 g/mol. The Bertz CT molecular complexity index is 1650. The van der Waals surface area contributed by atoms with Crippen LogP contribution in [0.4, 0.5) is 0 Å². The van der Waals surface area contributed by atoms with Gasteiger partial charge in [-0.15, -0.1) is 0 Å². The number of allylic oxidation sites excluding steroid dienone is 16. The highest BCUT2D eigenvalue weighted by atomic mass is 16.6. The summed E-state index contributed by atoms with van der Waals surface area (Å²) >= 11 is 0. The second-order valence-electron chi connectivity index (χ2n) is 26.4. The Morgan fingerprint density at radius 2 is 0.483 bits per heavy atom. The van der Waals surface area contributed by atoms with Gasteiger partial charge < -0.3 is 14.6 Å². The van der Waals surface area contributed by atoms with Gasteiger partial charge in [-0.2, -0.15) is 0 Å². The molecule has 0 aromatic heterocycles. The third-order valence-corrected chi connectivity index (χ3v) is 17.6. The first-order valence-corrected chi connectivity index (χ1v) is 39.3. The molecule has 5 nitrogen and oxygen atoms in total. The molecular formula is C84H150O5. The van der Waals surface area contributed by atoms with Crippen LogP contribution in [-0.2, 0) is 19.1 Å². The summed E-state index contributed by atoms with van der Waals surface area (Å²) in [6.07, 6.45) is 113. The zero-order valence-electron chi connectivity index (χ0n) is 59.4. The predicted octanol–water partition coefficient (Wildman–Crippen LogP) is 27.7. The average Bonchev–Trinajstić information content (AvgIpc) is 3.55. The molecule has 0 aliphatic carbocycles. The molecule has 1 N–H and O–H groups in total. The molecule has 0 bridgehead atoms. The van der Waals surface area contributed by atoms with Crippen LogP contribution >= 0.6 is 0 Å². The highest BCUT2D eigenvalue weighted by molar-refractivity contribution is 5.70. The molecule has 0 fully saturated rings. The van der Waals surface area contributed by atoms with E-state index >= 15 is 0 Å². The molecule has 0 aliphatic rings. The van der Waals surface area contributed by atoms with E-state index in [0.717, 1.165) is 89.9 Å². The first-order valence-electron chi connectivity index (χ1n) is 39.3. The second kappa shape index (κ2) is 79.1. The maximum absolute atomic E-state index is 12.4. The number of unbranched alkanes of at least 4 members (excludes halogenated alkanes) is 49. The second-order valence-corrected chi connectivity index (χ2v) is 26.4. The Morgan fingerprint density at radius 1 is 0.270 bits per heavy atom. The lowest BCUT2D eigenvalue weighted by Crippen LogP contribution is -2.28. The van der Waals surface area contributed by atoms with Crippen LogP contribution in [0.5, 0.6) is 0 Å². The Morgan fingerprint density at radius 3 is 0.730 bits per heavy atom. The van der Waals surface area contributed by atoms with Crippen molar-refractivity contribution in [3.8, 4) is 0 Å². The minimum Gasteiger partial charge on any atom is -0.462 e. The summed E-state index contributed by atoms with van der Waals surface area (Å²) in [5, 5.41) is 9.73. The van der Waals surface area contributed by atoms with Gasteiger partial charge in [0.2, 0.25) is 0 Å². The van der Waals surface area contributed by atoms with Crippen molar-refractivity contribution in [1.82, 2.24) is 0 Å². The summed E-state index contributed by atoms with van der Waals surface area (Å²) < 4.78 is 10.8. The standard InChI is InChI=1S/C84H150O5/c1-3-5-7-9-11-13-15-17-19-21-23-25-27-29-31-33-35-37-39-40-41-42-43-44-45-47-49-51-53-55-57-59-61-63-65-67-69-71-73-75-77-79-84(87)89-82(80-85)81-88-83(86)78-76-74-72-70-68-66-64-62-60-58-56-54-52-50-48-46-38-36-34-32-30-28-26-24-22-20-18-16-14-12-10-8-6-4-2/h5,7,11,13,17,19,23,25,29,31,35,37,40-41,43-44,82,85H,3-4,6,8-10,12,14-16,18,20-22,24,26-28,30,32-34,36,38-39,42,45-81H2,1-2H3/b7-5-,13-11-,19-17-,25-23-,31-29-,37-35-,41-40-,44-43-. The van der Waals surface area contributed by atoms with E-state index in [1.165, 1.54) is 289 Å². The third kappa shape index (κ3) is 77.2. The van der Waals surface area contributed by atoms with Crippen molar-refractivity contribution < 1.29 is 24.2 Å². The first kappa shape index (κ1) is 85.8. The molecule has 1 atom stereocenters. The van der Waals surface area contributed by atoms with E-state index < -0.39 is 6.10 Å². The molecule has 89 heavy (non-hydrogen) atoms. The SMILES string of the molecule is CC/C=C\C/C=C\C/C=C\C/C=C\C/C=C\C/C=C\C/C=C\C/C=C\CCCCCCCCCCCCCCCCCCC(=O)OC(CO)COC(=O)CCCCCCCCCCCCCCCCCCCCCCCCCCCCCCCCCCCC. The van der Waals surface area contributed by atoms with Crippen LogP contribution < -0.4 is 0 Å². The number of rotatable bonds is 73. The number of carbonyl (C=O) groups is 2. The summed E-state index contributed by atoms with van der Waals surface area (Å²) in [5.74, 6) is -0.571. The maximum Gasteiger partial charge on any atom is 0.306 e. The minimum atomic E-state index is -0.775. The van der Waals surface area contributed by atoms with E-state index in [0.29, 0.717) is 12.8 Å². The lowest BCUT2D eigenvalue weighted by atomic mass is 10.0. The largest absolute Gasteiger partial charge is 0.462 e. The number of ether oxygens (including phenoxy) is 2. The highest BCUT2D eigenvalue weighted by Gasteiger charge is 2.16. The van der Waals surface area contributed by atoms with E-state index in [9.17, 15) is 14.7 Å². The van der Waals surface area contributed by atoms with E-state index in [1.54, 1.807) is 0 Å². The van der Waals surface area contributed by atoms with Gasteiger partial charge in [0, 0.05) is 12.8 Å². The van der Waals surface area contributed by atoms with Crippen LogP contribution in [0.25, 0.3) is 0 Å². The molecule has 0 aromatic rings. The van der Waals surface area contributed by atoms with Gasteiger partial charge in [-0.05, 0) is 77.0 Å². The van der Waals surface area contributed by atoms with Gasteiger partial charge in [-0.3, -0.25) is 9.59 Å². The molecule has 0 amide bonds. The van der Waals surface area contributed by atoms with Crippen molar-refractivity contribution in [3.05, 3.63) is 97.2 Å². The van der Waals surface area contributed by atoms with Crippen LogP contribution in [0, 0.1) is 0 Å². The van der Waals surface area contributed by atoms with Gasteiger partial charge >= 0.3 is 11.9 Å². The number of aliphatic hydroxyl groups excluding tert-OH is 1. The minimum absolute atomic E-state index is 0.0629. The molecule has 5 heteroatoms. The number of carbonyl (C=O) groups excluding carboxylic acids is 2. The zero-order valence-corrected chi connectivity index (χ0v) is 59.4. The fraction of sp³-hybridized carbons (Fsp3) is 0.786. The van der Waals surface area contributed by atoms with Gasteiger partial charge in [0.15, 0.2) is 6.10 Å². The average molecular weight is 1240 g/mol. The van der Waals surface area contributed by atoms with Crippen LogP contribution in [0.15, 0.2) is 97.2 Å². The lowest BCUT2D eigenvalue weighted by molar-refractivity contribution is -0.161. The number of hydrogen-bond acceptors (Lipinski definition) is 5. The van der Waals surface area contributed by atoms with Crippen LogP contribution in [0.2, 0.25) is 0 Å². The van der Waals surface area contributed by atoms with Gasteiger partial charge in [0.25, 0.3) is 0 Å². The molecule has 0 aliphatic heterocycles. The van der Waals surface area contributed by atoms with Crippen molar-refractivity contribution in [2.24, 2.45) is 0 Å². The Hall–Kier alpha value is -3.18. The summed E-state index contributed by atoms with van der Waals surface area (Å²) in [6, 6.07) is 0. The fourth-order valence-electron chi connectivity index (χ4n) is 11.8. The molecule has 0 saturated heterocycles. The van der Waals surface area contributed by atoms with Crippen molar-refractivity contribution in [1.29, 1.82) is 0 Å². The van der Waals surface area contributed by atoms with Crippen LogP contribution in [-0.4, -0.2) is 36.4 Å². The Labute approximate surface area is 555 Å². The van der Waals surface area contributed by atoms with Gasteiger partial charge in [0.1, 0.15) is 6.61 Å². The molecule has 516 valence electrons. The molecular weight excluding hydrogens is 1090 g/mol. The number of hydrogen-bond donors (Lipinski definition) is 1. The van der Waals surface area contributed by atoms with Gasteiger partial charge in [-0.25, -0.2) is 0 Å². The van der Waals surface area contributed by atoms with Gasteiger partial charge in [0.05, 0.1) is 6.61 Å². The molecule has 0 radical (unpaired) electrons. The van der Waals surface area contributed by atoms with Gasteiger partial charge in [-0.1, -0.05) is 413 Å². The Balaban J connectivity index is 3.43. The van der Waals surface area contributed by atoms with Crippen molar-refractivity contribution in [2.45, 2.75) is 412 Å². The highest BCUT2D eigenvalue weighted by Crippen LogP contribution is 2.19. The van der Waals surface area contributed by atoms with Crippen molar-refractivity contribution >= 4 is 11.9 Å². The first-order chi connectivity index (χ1) is 44.1. The van der Waals surface area contributed by atoms with E-state index in [1.807, 2.05) is 0 Å². The number of esters is 2. The summed E-state index contributed by atoms with van der Waals surface area (Å²) in [7, 11) is 0. The van der Waals surface area contributed by atoms with Crippen LogP contribution in [0.3, 0.4) is 0 Å². The van der Waals surface area contributed by atoms with Crippen molar-refractivity contribution in [3.63, 3.8) is 0 Å². The van der Waals surface area contributed by atoms with Crippen LogP contribution in [0.1, 0.15) is 406 Å². The Kier molecular flexibility index (Phi) is 76.2. The molecule has 0 saturated carbocycles. The third-order valence-electron chi connectivity index (χ3n) is 17.6. The number of aliphatic hydroxyl groups is 1. The topological polar surface area (TPSA) is 72.8 Å².